The zero-order valence-corrected chi connectivity index (χ0v) is 23.2. The summed E-state index contributed by atoms with van der Waals surface area (Å²) in [5.74, 6) is -3.38. The third-order valence-electron chi connectivity index (χ3n) is 7.61. The summed E-state index contributed by atoms with van der Waals surface area (Å²) in [7, 11) is 0. The van der Waals surface area contributed by atoms with E-state index in [9.17, 15) is 19.5 Å². The van der Waals surface area contributed by atoms with Gasteiger partial charge in [0.1, 0.15) is 18.2 Å². The number of ether oxygens (including phenoxy) is 2. The molecule has 0 saturated carbocycles. The molecule has 0 aliphatic carbocycles. The molecule has 37 heavy (non-hydrogen) atoms. The maximum absolute atomic E-state index is 14.5. The first kappa shape index (κ1) is 27.8. The monoisotopic (exact) mass is 594 g/mol. The fraction of sp³-hybridized carbons (Fsp3) is 0.519. The average Bonchev–Trinajstić information content (AvgIpc) is 3.45. The van der Waals surface area contributed by atoms with Gasteiger partial charge in [-0.2, -0.15) is 0 Å². The van der Waals surface area contributed by atoms with E-state index in [4.69, 9.17) is 21.1 Å². The Morgan fingerprint density at radius 2 is 2.05 bits per heavy atom. The van der Waals surface area contributed by atoms with Gasteiger partial charge < -0.3 is 24.4 Å². The molecule has 3 fully saturated rings. The Hall–Kier alpha value is -2.20. The smallest absolute Gasteiger partial charge is 0.312 e. The minimum atomic E-state index is -1.28. The molecule has 3 heterocycles. The Morgan fingerprint density at radius 1 is 1.35 bits per heavy atom. The number of nitrogens with zero attached hydrogens (tertiary/aromatic N) is 2. The number of esters is 1. The molecule has 7 atom stereocenters. The van der Waals surface area contributed by atoms with Crippen LogP contribution in [0.4, 0.5) is 5.69 Å². The van der Waals surface area contributed by atoms with Gasteiger partial charge in [0.2, 0.25) is 5.91 Å². The molecule has 3 aliphatic heterocycles. The number of alkyl halides is 1. The van der Waals surface area contributed by atoms with E-state index in [0.717, 1.165) is 0 Å². The van der Waals surface area contributed by atoms with E-state index in [1.165, 1.54) is 15.9 Å². The zero-order chi connectivity index (χ0) is 27.1. The number of likely N-dealkylation sites (tertiary alicyclic amines) is 1. The van der Waals surface area contributed by atoms with E-state index in [1.807, 2.05) is 13.8 Å². The lowest BCUT2D eigenvalue weighted by atomic mass is 9.70. The number of aliphatic hydroxyl groups is 1. The normalized spacial score (nSPS) is 30.8. The number of amides is 2. The van der Waals surface area contributed by atoms with Crippen molar-refractivity contribution in [2.24, 2.45) is 17.8 Å². The van der Waals surface area contributed by atoms with Gasteiger partial charge in [0.25, 0.3) is 5.91 Å². The Morgan fingerprint density at radius 3 is 2.65 bits per heavy atom. The lowest BCUT2D eigenvalue weighted by molar-refractivity contribution is -0.155. The summed E-state index contributed by atoms with van der Waals surface area (Å²) in [5.41, 5.74) is -0.815. The van der Waals surface area contributed by atoms with Crippen molar-refractivity contribution in [2.75, 3.05) is 24.7 Å². The van der Waals surface area contributed by atoms with Gasteiger partial charge in [0.15, 0.2) is 0 Å². The van der Waals surface area contributed by atoms with Crippen molar-refractivity contribution in [1.29, 1.82) is 0 Å². The van der Waals surface area contributed by atoms with E-state index >= 15 is 0 Å². The number of para-hydroxylation sites is 1. The number of fused-ring (bicyclic) bond motifs is 1. The fourth-order valence-corrected chi connectivity index (χ4v) is 7.27. The number of benzene rings is 1. The van der Waals surface area contributed by atoms with Crippen LogP contribution in [0.15, 0.2) is 49.6 Å². The molecule has 3 unspecified atom stereocenters. The predicted molar refractivity (Wildman–Crippen MR) is 143 cm³/mol. The Bertz CT molecular complexity index is 1100. The summed E-state index contributed by atoms with van der Waals surface area (Å²) in [5, 5.41) is 10.7. The van der Waals surface area contributed by atoms with E-state index in [2.05, 4.69) is 29.1 Å². The lowest BCUT2D eigenvalue weighted by Gasteiger charge is -2.40. The topological polar surface area (TPSA) is 96.4 Å². The highest BCUT2D eigenvalue weighted by Crippen LogP contribution is 2.61. The SMILES string of the molecule is C=CCOC(=O)[C@H]1[C@H]2C(=O)N([C@@H](CO)C(C)C)C(C(=O)N(CC=C)c3ccccc3Cl)C23CC(Br)[C@@H]1O3. The lowest BCUT2D eigenvalue weighted by Crippen LogP contribution is -2.60. The summed E-state index contributed by atoms with van der Waals surface area (Å²) in [6.07, 6.45) is 2.75. The first-order valence-corrected chi connectivity index (χ1v) is 13.6. The molecule has 4 rings (SSSR count). The van der Waals surface area contributed by atoms with Gasteiger partial charge in [0.05, 0.1) is 41.3 Å². The number of carbonyl (C=O) groups excluding carboxylic acids is 3. The molecule has 1 N–H and O–H groups in total. The van der Waals surface area contributed by atoms with Crippen molar-refractivity contribution in [3.05, 3.63) is 54.6 Å². The average molecular weight is 596 g/mol. The predicted octanol–water partition coefficient (Wildman–Crippen LogP) is 3.35. The van der Waals surface area contributed by atoms with Crippen molar-refractivity contribution in [2.45, 2.75) is 48.9 Å². The Labute approximate surface area is 230 Å². The van der Waals surface area contributed by atoms with Crippen molar-refractivity contribution >= 4 is 51.0 Å². The van der Waals surface area contributed by atoms with Gasteiger partial charge in [-0.25, -0.2) is 0 Å². The molecule has 10 heteroatoms. The summed E-state index contributed by atoms with van der Waals surface area (Å²) in [6.45, 7) is 10.9. The van der Waals surface area contributed by atoms with Crippen molar-refractivity contribution < 1.29 is 29.0 Å². The second kappa shape index (κ2) is 10.9. The quantitative estimate of drug-likeness (QED) is 0.253. The van der Waals surface area contributed by atoms with E-state index in [-0.39, 0.29) is 30.5 Å². The molecular formula is C27H32BrClN2O6. The molecule has 0 radical (unpaired) electrons. The third-order valence-corrected chi connectivity index (χ3v) is 8.78. The Kier molecular flexibility index (Phi) is 8.19. The number of hydrogen-bond acceptors (Lipinski definition) is 6. The van der Waals surface area contributed by atoms with Crippen LogP contribution in [0.1, 0.15) is 20.3 Å². The highest BCUT2D eigenvalue weighted by Gasteiger charge is 2.77. The molecular weight excluding hydrogens is 564 g/mol. The van der Waals surface area contributed by atoms with Gasteiger partial charge in [-0.1, -0.05) is 72.2 Å². The molecule has 8 nitrogen and oxygen atoms in total. The molecule has 3 aliphatic rings. The number of rotatable bonds is 10. The molecule has 0 aromatic heterocycles. The van der Waals surface area contributed by atoms with E-state index in [0.29, 0.717) is 17.1 Å². The fourth-order valence-electron chi connectivity index (χ4n) is 6.09. The third kappa shape index (κ3) is 4.43. The van der Waals surface area contributed by atoms with Crippen LogP contribution in [0, 0.1) is 17.8 Å². The first-order chi connectivity index (χ1) is 17.6. The zero-order valence-electron chi connectivity index (χ0n) is 20.9. The van der Waals surface area contributed by atoms with Crippen LogP contribution in [0.2, 0.25) is 5.02 Å². The summed E-state index contributed by atoms with van der Waals surface area (Å²) < 4.78 is 11.9. The van der Waals surface area contributed by atoms with Gasteiger partial charge in [-0.3, -0.25) is 14.4 Å². The Balaban J connectivity index is 1.86. The highest BCUT2D eigenvalue weighted by atomic mass is 79.9. The molecule has 1 aromatic carbocycles. The summed E-state index contributed by atoms with van der Waals surface area (Å²) >= 11 is 10.1. The van der Waals surface area contributed by atoms with Crippen LogP contribution in [0.25, 0.3) is 0 Å². The number of hydrogen-bond donors (Lipinski definition) is 1. The maximum Gasteiger partial charge on any atom is 0.312 e. The second-order valence-electron chi connectivity index (χ2n) is 10.0. The highest BCUT2D eigenvalue weighted by molar-refractivity contribution is 9.09. The first-order valence-electron chi connectivity index (χ1n) is 12.3. The van der Waals surface area contributed by atoms with Gasteiger partial charge >= 0.3 is 5.97 Å². The van der Waals surface area contributed by atoms with Crippen LogP contribution < -0.4 is 4.90 Å². The number of halogens is 2. The van der Waals surface area contributed by atoms with Crippen LogP contribution in [0.5, 0.6) is 0 Å². The van der Waals surface area contributed by atoms with Crippen molar-refractivity contribution in [3.63, 3.8) is 0 Å². The number of carbonyl (C=O) groups is 3. The summed E-state index contributed by atoms with van der Waals surface area (Å²) in [6, 6.07) is 5.18. The van der Waals surface area contributed by atoms with Crippen LogP contribution in [-0.2, 0) is 23.9 Å². The van der Waals surface area contributed by atoms with Gasteiger partial charge in [-0.05, 0) is 24.5 Å². The van der Waals surface area contributed by atoms with Crippen LogP contribution in [0.3, 0.4) is 0 Å². The molecule has 1 spiro atoms. The summed E-state index contributed by atoms with van der Waals surface area (Å²) in [4.78, 5) is 44.5. The van der Waals surface area contributed by atoms with Gasteiger partial charge in [0, 0.05) is 11.4 Å². The number of aliphatic hydroxyl groups excluding tert-OH is 1. The molecule has 2 bridgehead atoms. The van der Waals surface area contributed by atoms with Crippen molar-refractivity contribution in [1.82, 2.24) is 4.90 Å². The molecule has 3 saturated heterocycles. The van der Waals surface area contributed by atoms with Crippen molar-refractivity contribution in [3.8, 4) is 0 Å². The molecule has 2 amide bonds. The largest absolute Gasteiger partial charge is 0.461 e. The number of anilines is 1. The second-order valence-corrected chi connectivity index (χ2v) is 11.6. The van der Waals surface area contributed by atoms with E-state index in [1.54, 1.807) is 30.3 Å². The minimum Gasteiger partial charge on any atom is -0.461 e. The van der Waals surface area contributed by atoms with Crippen LogP contribution in [-0.4, -0.2) is 76.2 Å². The maximum atomic E-state index is 14.5. The van der Waals surface area contributed by atoms with Crippen LogP contribution >= 0.6 is 27.5 Å². The van der Waals surface area contributed by atoms with E-state index < -0.39 is 53.4 Å². The molecule has 1 aromatic rings. The van der Waals surface area contributed by atoms with Gasteiger partial charge in [-0.15, -0.1) is 6.58 Å². The minimum absolute atomic E-state index is 0.000132. The molecule has 200 valence electrons. The standard InChI is InChI=1S/C27H32BrClN2O6/c1-5-11-30(18-10-8-7-9-17(18)29)25(34)23-27-13-16(28)22(37-27)20(26(35)36-12-6-2)21(27)24(33)31(23)19(14-32)15(3)4/h5-10,15-16,19-23,32H,1-2,11-14H2,3-4H3/t16?,19-,20-,21-,22-,23?,27?/m0/s1.